The highest BCUT2D eigenvalue weighted by Crippen LogP contribution is 2.36. The zero-order valence-electron chi connectivity index (χ0n) is 10.3. The van der Waals surface area contributed by atoms with Gasteiger partial charge in [0.15, 0.2) is 5.82 Å². The molecule has 2 aliphatic rings. The number of nitrogens with one attached hydrogen (secondary N) is 1. The summed E-state index contributed by atoms with van der Waals surface area (Å²) < 4.78 is 0. The summed E-state index contributed by atoms with van der Waals surface area (Å²) >= 11 is 5.85. The van der Waals surface area contributed by atoms with E-state index in [1.807, 2.05) is 4.90 Å². The Hall–Kier alpha value is -1.40. The van der Waals surface area contributed by atoms with Crippen molar-refractivity contribution in [3.05, 3.63) is 11.5 Å². The van der Waals surface area contributed by atoms with Gasteiger partial charge >= 0.3 is 0 Å². The summed E-state index contributed by atoms with van der Waals surface area (Å²) in [6.45, 7) is -0.233. The van der Waals surface area contributed by atoms with Gasteiger partial charge in [-0.05, 0) is 24.4 Å². The molecule has 1 aliphatic heterocycles. The smallest absolute Gasteiger partial charge is 0.249 e. The van der Waals surface area contributed by atoms with E-state index in [0.29, 0.717) is 11.5 Å². The second-order valence-electron chi connectivity index (χ2n) is 4.91. The van der Waals surface area contributed by atoms with Crippen LogP contribution in [0, 0.1) is 0 Å². The number of halogens is 1. The third-order valence-electron chi connectivity index (χ3n) is 3.77. The maximum absolute atomic E-state index is 12.0. The summed E-state index contributed by atoms with van der Waals surface area (Å²) in [6, 6.07) is -0.366. The summed E-state index contributed by atoms with van der Waals surface area (Å²) in [5.74, 6) is 0.401. The van der Waals surface area contributed by atoms with Gasteiger partial charge in [-0.25, -0.2) is 4.98 Å². The monoisotopic (exact) mass is 282 g/mol. The number of carbonyl (C=O) groups excluding carboxylic acids is 1. The molecule has 3 rings (SSSR count). The number of rotatable bonds is 2. The third kappa shape index (κ3) is 2.15. The Bertz CT molecular complexity index is 505. The van der Waals surface area contributed by atoms with Gasteiger partial charge in [-0.15, -0.1) is 0 Å². The van der Waals surface area contributed by atoms with Crippen molar-refractivity contribution in [3.8, 4) is 0 Å². The van der Waals surface area contributed by atoms with Gasteiger partial charge in [-0.1, -0.05) is 12.8 Å². The predicted octanol–water partition coefficient (Wildman–Crippen LogP) is 1.19. The average Bonchev–Trinajstić information content (AvgIpc) is 2.91. The molecule has 1 atom stereocenters. The highest BCUT2D eigenvalue weighted by molar-refractivity contribution is 6.28. The molecule has 7 heteroatoms. The first-order chi connectivity index (χ1) is 9.20. The molecule has 0 radical (unpaired) electrons. The second kappa shape index (κ2) is 4.94. The molecule has 1 aliphatic carbocycles. The normalized spacial score (nSPS) is 23.4. The van der Waals surface area contributed by atoms with E-state index in [4.69, 9.17) is 11.6 Å². The number of fused-ring (bicyclic) bond motifs is 1. The van der Waals surface area contributed by atoms with E-state index >= 15 is 0 Å². The lowest BCUT2D eigenvalue weighted by atomic mass is 10.1. The lowest BCUT2D eigenvalue weighted by molar-refractivity contribution is -0.118. The largest absolute Gasteiger partial charge is 0.394 e. The first kappa shape index (κ1) is 12.6. The highest BCUT2D eigenvalue weighted by atomic mass is 35.5. The van der Waals surface area contributed by atoms with Gasteiger partial charge in [0.2, 0.25) is 11.2 Å². The van der Waals surface area contributed by atoms with Gasteiger partial charge in [-0.2, -0.15) is 4.98 Å². The van der Waals surface area contributed by atoms with E-state index in [9.17, 15) is 9.90 Å². The molecule has 1 saturated carbocycles. The van der Waals surface area contributed by atoms with Crippen LogP contribution >= 0.6 is 11.6 Å². The van der Waals surface area contributed by atoms with Crippen LogP contribution in [0.15, 0.2) is 6.20 Å². The average molecular weight is 283 g/mol. The van der Waals surface area contributed by atoms with Crippen molar-refractivity contribution in [1.29, 1.82) is 0 Å². The van der Waals surface area contributed by atoms with Crippen LogP contribution in [0.2, 0.25) is 5.28 Å². The third-order valence-corrected chi connectivity index (χ3v) is 3.95. The van der Waals surface area contributed by atoms with E-state index in [1.54, 1.807) is 0 Å². The minimum Gasteiger partial charge on any atom is -0.394 e. The fraction of sp³-hybridized carbons (Fsp3) is 0.583. The molecule has 1 aromatic heterocycles. The molecule has 102 valence electrons. The van der Waals surface area contributed by atoms with E-state index < -0.39 is 6.04 Å². The molecule has 1 amide bonds. The van der Waals surface area contributed by atoms with Gasteiger partial charge in [0.25, 0.3) is 0 Å². The van der Waals surface area contributed by atoms with Crippen LogP contribution < -0.4 is 10.2 Å². The number of anilines is 2. The number of amides is 1. The van der Waals surface area contributed by atoms with Gasteiger partial charge in [0, 0.05) is 6.04 Å². The maximum atomic E-state index is 12.0. The first-order valence-electron chi connectivity index (χ1n) is 6.43. The molecular formula is C12H15ClN4O2. The zero-order chi connectivity index (χ0) is 13.4. The van der Waals surface area contributed by atoms with Crippen LogP contribution in [0.3, 0.4) is 0 Å². The number of aliphatic hydroxyl groups excluding tert-OH is 1. The Morgan fingerprint density at radius 1 is 1.47 bits per heavy atom. The molecule has 1 aromatic rings. The Morgan fingerprint density at radius 2 is 2.21 bits per heavy atom. The number of carbonyl (C=O) groups is 1. The minimum absolute atomic E-state index is 0.148. The Balaban J connectivity index is 2.05. The van der Waals surface area contributed by atoms with Crippen LogP contribution in [0.25, 0.3) is 0 Å². The van der Waals surface area contributed by atoms with Crippen LogP contribution in [0.1, 0.15) is 25.7 Å². The van der Waals surface area contributed by atoms with Crippen LogP contribution in [0.5, 0.6) is 0 Å². The Kier molecular flexibility index (Phi) is 3.28. The molecule has 0 unspecified atom stereocenters. The van der Waals surface area contributed by atoms with Crippen molar-refractivity contribution >= 4 is 29.0 Å². The second-order valence-corrected chi connectivity index (χ2v) is 5.25. The molecule has 6 nitrogen and oxygen atoms in total. The van der Waals surface area contributed by atoms with Crippen molar-refractivity contribution in [2.24, 2.45) is 0 Å². The molecule has 19 heavy (non-hydrogen) atoms. The van der Waals surface area contributed by atoms with E-state index in [-0.39, 0.29) is 23.8 Å². The number of hydrogen-bond donors (Lipinski definition) is 2. The van der Waals surface area contributed by atoms with E-state index in [1.165, 1.54) is 6.20 Å². The topological polar surface area (TPSA) is 78.4 Å². The molecule has 1 fully saturated rings. The Labute approximate surface area is 115 Å². The standard InChI is InChI=1S/C12H15ClN4O2/c13-12-14-5-8-10(16-12)17(7-3-1-2-4-7)9(6-18)11(19)15-8/h5,7,9,18H,1-4,6H2,(H,15,19)/t9-/m1/s1. The van der Waals surface area contributed by atoms with Gasteiger partial charge in [0.05, 0.1) is 12.8 Å². The summed E-state index contributed by atoms with van der Waals surface area (Å²) in [7, 11) is 0. The van der Waals surface area contributed by atoms with E-state index in [0.717, 1.165) is 25.7 Å². The number of nitrogens with zero attached hydrogens (tertiary/aromatic N) is 3. The van der Waals surface area contributed by atoms with Crippen molar-refractivity contribution in [2.75, 3.05) is 16.8 Å². The maximum Gasteiger partial charge on any atom is 0.249 e. The molecule has 0 spiro atoms. The number of hydrogen-bond acceptors (Lipinski definition) is 5. The minimum atomic E-state index is -0.596. The van der Waals surface area contributed by atoms with Crippen molar-refractivity contribution < 1.29 is 9.90 Å². The number of aliphatic hydroxyl groups is 1. The summed E-state index contributed by atoms with van der Waals surface area (Å²) in [5, 5.41) is 12.4. The zero-order valence-corrected chi connectivity index (χ0v) is 11.1. The highest BCUT2D eigenvalue weighted by Gasteiger charge is 2.39. The van der Waals surface area contributed by atoms with Gasteiger partial charge < -0.3 is 15.3 Å². The van der Waals surface area contributed by atoms with Gasteiger partial charge in [0.1, 0.15) is 11.7 Å². The van der Waals surface area contributed by atoms with Gasteiger partial charge in [-0.3, -0.25) is 4.79 Å². The fourth-order valence-corrected chi connectivity index (χ4v) is 3.04. The lowest BCUT2D eigenvalue weighted by Crippen LogP contribution is -2.54. The summed E-state index contributed by atoms with van der Waals surface area (Å²) in [4.78, 5) is 22.1. The molecular weight excluding hydrogens is 268 g/mol. The van der Waals surface area contributed by atoms with Crippen LogP contribution in [0.4, 0.5) is 11.5 Å². The van der Waals surface area contributed by atoms with E-state index in [2.05, 4.69) is 15.3 Å². The van der Waals surface area contributed by atoms with Crippen LogP contribution in [-0.2, 0) is 4.79 Å². The lowest BCUT2D eigenvalue weighted by Gasteiger charge is -2.39. The fourth-order valence-electron chi connectivity index (χ4n) is 2.91. The molecule has 2 heterocycles. The predicted molar refractivity (Wildman–Crippen MR) is 71.3 cm³/mol. The van der Waals surface area contributed by atoms with Crippen LogP contribution in [-0.4, -0.2) is 39.7 Å². The molecule has 0 aromatic carbocycles. The number of aromatic nitrogens is 2. The summed E-state index contributed by atoms with van der Waals surface area (Å²) in [5.41, 5.74) is 0.561. The molecule has 0 saturated heterocycles. The molecule has 2 N–H and O–H groups in total. The van der Waals surface area contributed by atoms with Crippen molar-refractivity contribution in [3.63, 3.8) is 0 Å². The SMILES string of the molecule is O=C1Nc2cnc(Cl)nc2N(C2CCCC2)[C@@H]1CO. The van der Waals surface area contributed by atoms with Crippen molar-refractivity contribution in [1.82, 2.24) is 9.97 Å². The quantitative estimate of drug-likeness (QED) is 0.797. The van der Waals surface area contributed by atoms with Crippen molar-refractivity contribution in [2.45, 2.75) is 37.8 Å². The molecule has 0 bridgehead atoms. The summed E-state index contributed by atoms with van der Waals surface area (Å²) in [6.07, 6.45) is 5.79. The first-order valence-corrected chi connectivity index (χ1v) is 6.81. The Morgan fingerprint density at radius 3 is 2.89 bits per heavy atom.